The number of hydrogen-bond donors (Lipinski definition) is 0. The lowest BCUT2D eigenvalue weighted by Gasteiger charge is -2.05. The highest BCUT2D eigenvalue weighted by Gasteiger charge is 2.11. The molecule has 142 valence electrons. The van der Waals surface area contributed by atoms with Gasteiger partial charge in [0.05, 0.1) is 16.8 Å². The smallest absolute Gasteiger partial charge is 0.248 e. The molecule has 0 saturated carbocycles. The Bertz CT molecular complexity index is 1180. The number of fused-ring (bicyclic) bond motifs is 3. The van der Waals surface area contributed by atoms with Crippen LogP contribution in [0, 0.1) is 0 Å². The average Bonchev–Trinajstić information content (AvgIpc) is 3.09. The van der Waals surface area contributed by atoms with Crippen molar-refractivity contribution in [3.8, 4) is 0 Å². The molecule has 0 atom stereocenters. The van der Waals surface area contributed by atoms with Crippen molar-refractivity contribution in [1.82, 2.24) is 4.57 Å². The van der Waals surface area contributed by atoms with Gasteiger partial charge in [-0.15, -0.1) is 0 Å². The second-order valence-electron chi connectivity index (χ2n) is 6.66. The minimum absolute atomic E-state index is 0.0918. The van der Waals surface area contributed by atoms with E-state index in [-0.39, 0.29) is 5.91 Å². The predicted octanol–water partition coefficient (Wildman–Crippen LogP) is 4.56. The maximum absolute atomic E-state index is 12.5. The van der Waals surface area contributed by atoms with Crippen molar-refractivity contribution in [3.05, 3.63) is 77.1 Å². The minimum Gasteiger partial charge on any atom is -0.383 e. The standard InChI is InChI=1S/C23H22N2O2S/c1-27-16-15-25-20-13-12-18-9-5-6-10-19(18)22(20)28-23(25)24-21(26)14-11-17-7-3-2-4-8-17/h2-10,12-13H,11,14-16H2,1H3. The molecule has 28 heavy (non-hydrogen) atoms. The Morgan fingerprint density at radius 1 is 1.04 bits per heavy atom. The molecule has 1 aromatic heterocycles. The second kappa shape index (κ2) is 8.50. The number of aromatic nitrogens is 1. The lowest BCUT2D eigenvalue weighted by Crippen LogP contribution is -2.19. The van der Waals surface area contributed by atoms with E-state index < -0.39 is 0 Å². The van der Waals surface area contributed by atoms with Gasteiger partial charge in [-0.1, -0.05) is 72.0 Å². The van der Waals surface area contributed by atoms with E-state index in [0.29, 0.717) is 26.0 Å². The summed E-state index contributed by atoms with van der Waals surface area (Å²) in [5.41, 5.74) is 2.25. The molecule has 1 heterocycles. The normalized spacial score (nSPS) is 12.1. The molecule has 5 heteroatoms. The number of aryl methyl sites for hydroxylation is 1. The number of ether oxygens (including phenoxy) is 1. The Kier molecular flexibility index (Phi) is 5.65. The van der Waals surface area contributed by atoms with E-state index in [4.69, 9.17) is 4.74 Å². The fourth-order valence-electron chi connectivity index (χ4n) is 3.34. The van der Waals surface area contributed by atoms with Crippen LogP contribution in [0.5, 0.6) is 0 Å². The molecule has 0 unspecified atom stereocenters. The van der Waals surface area contributed by atoms with E-state index in [0.717, 1.165) is 20.6 Å². The topological polar surface area (TPSA) is 43.6 Å². The monoisotopic (exact) mass is 390 g/mol. The van der Waals surface area contributed by atoms with Crippen molar-refractivity contribution < 1.29 is 9.53 Å². The molecule has 4 rings (SSSR count). The van der Waals surface area contributed by atoms with Crippen LogP contribution < -0.4 is 4.80 Å². The largest absolute Gasteiger partial charge is 0.383 e. The molecule has 4 nitrogen and oxygen atoms in total. The molecule has 0 aliphatic carbocycles. The van der Waals surface area contributed by atoms with Gasteiger partial charge in [-0.2, -0.15) is 4.99 Å². The summed E-state index contributed by atoms with van der Waals surface area (Å²) in [7, 11) is 1.69. The summed E-state index contributed by atoms with van der Waals surface area (Å²) in [4.78, 5) is 17.7. The highest BCUT2D eigenvalue weighted by molar-refractivity contribution is 7.17. The number of methoxy groups -OCH3 is 1. The lowest BCUT2D eigenvalue weighted by molar-refractivity contribution is -0.118. The van der Waals surface area contributed by atoms with Crippen molar-refractivity contribution in [2.24, 2.45) is 4.99 Å². The van der Waals surface area contributed by atoms with E-state index >= 15 is 0 Å². The first kappa shape index (κ1) is 18.6. The van der Waals surface area contributed by atoms with Gasteiger partial charge in [0, 0.05) is 25.5 Å². The van der Waals surface area contributed by atoms with Gasteiger partial charge in [0.15, 0.2) is 4.80 Å². The molecule has 4 aromatic rings. The Hall–Kier alpha value is -2.76. The molecular weight excluding hydrogens is 368 g/mol. The average molecular weight is 391 g/mol. The van der Waals surface area contributed by atoms with Crippen molar-refractivity contribution in [3.63, 3.8) is 0 Å². The molecule has 0 spiro atoms. The third kappa shape index (κ3) is 3.91. The summed E-state index contributed by atoms with van der Waals surface area (Å²) in [5, 5.41) is 2.38. The van der Waals surface area contributed by atoms with Crippen LogP contribution in [-0.4, -0.2) is 24.2 Å². The molecular formula is C23H22N2O2S. The molecule has 0 bridgehead atoms. The highest BCUT2D eigenvalue weighted by Crippen LogP contribution is 2.27. The maximum Gasteiger partial charge on any atom is 0.248 e. The van der Waals surface area contributed by atoms with Gasteiger partial charge in [0.25, 0.3) is 0 Å². The van der Waals surface area contributed by atoms with Gasteiger partial charge in [0.1, 0.15) is 0 Å². The zero-order valence-corrected chi connectivity index (χ0v) is 16.6. The first-order valence-electron chi connectivity index (χ1n) is 9.38. The molecule has 1 amide bonds. The van der Waals surface area contributed by atoms with Crippen LogP contribution in [0.15, 0.2) is 71.7 Å². The Labute approximate surface area is 167 Å². The van der Waals surface area contributed by atoms with Gasteiger partial charge >= 0.3 is 0 Å². The van der Waals surface area contributed by atoms with Crippen molar-refractivity contribution >= 4 is 38.2 Å². The molecule has 0 fully saturated rings. The van der Waals surface area contributed by atoms with Gasteiger partial charge in [-0.3, -0.25) is 4.79 Å². The molecule has 0 aliphatic rings. The Morgan fingerprint density at radius 2 is 1.82 bits per heavy atom. The number of benzene rings is 3. The summed E-state index contributed by atoms with van der Waals surface area (Å²) in [6, 6.07) is 22.6. The van der Waals surface area contributed by atoms with Crippen LogP contribution in [0.2, 0.25) is 0 Å². The van der Waals surface area contributed by atoms with Gasteiger partial charge in [-0.05, 0) is 23.4 Å². The number of carbonyl (C=O) groups is 1. The Balaban J connectivity index is 1.72. The van der Waals surface area contributed by atoms with E-state index in [1.807, 2.05) is 42.5 Å². The van der Waals surface area contributed by atoms with E-state index in [1.165, 1.54) is 10.8 Å². The predicted molar refractivity (Wildman–Crippen MR) is 115 cm³/mol. The van der Waals surface area contributed by atoms with E-state index in [1.54, 1.807) is 18.4 Å². The number of thiazole rings is 1. The van der Waals surface area contributed by atoms with Crippen LogP contribution in [0.25, 0.3) is 21.0 Å². The summed E-state index contributed by atoms with van der Waals surface area (Å²) in [5.74, 6) is -0.0918. The van der Waals surface area contributed by atoms with Gasteiger partial charge < -0.3 is 9.30 Å². The lowest BCUT2D eigenvalue weighted by atomic mass is 10.1. The summed E-state index contributed by atoms with van der Waals surface area (Å²) >= 11 is 1.57. The maximum atomic E-state index is 12.5. The van der Waals surface area contributed by atoms with Crippen LogP contribution in [-0.2, 0) is 22.5 Å². The zero-order valence-electron chi connectivity index (χ0n) is 15.8. The fraction of sp³-hybridized carbons (Fsp3) is 0.217. The minimum atomic E-state index is -0.0918. The number of hydrogen-bond acceptors (Lipinski definition) is 3. The third-order valence-corrected chi connectivity index (χ3v) is 5.91. The van der Waals surface area contributed by atoms with Gasteiger partial charge in [0.2, 0.25) is 5.91 Å². The number of amides is 1. The summed E-state index contributed by atoms with van der Waals surface area (Å²) in [6.45, 7) is 1.24. The quantitative estimate of drug-likeness (QED) is 0.484. The third-order valence-electron chi connectivity index (χ3n) is 4.78. The van der Waals surface area contributed by atoms with Crippen LogP contribution >= 0.6 is 11.3 Å². The fourth-order valence-corrected chi connectivity index (χ4v) is 4.55. The summed E-state index contributed by atoms with van der Waals surface area (Å²) in [6.07, 6.45) is 1.11. The highest BCUT2D eigenvalue weighted by atomic mass is 32.1. The Morgan fingerprint density at radius 3 is 2.64 bits per heavy atom. The van der Waals surface area contributed by atoms with Crippen molar-refractivity contribution in [2.75, 3.05) is 13.7 Å². The molecule has 0 saturated heterocycles. The first-order chi connectivity index (χ1) is 13.8. The van der Waals surface area contributed by atoms with Crippen LogP contribution in [0.1, 0.15) is 12.0 Å². The number of rotatable bonds is 6. The zero-order chi connectivity index (χ0) is 19.3. The number of nitrogens with zero attached hydrogens (tertiary/aromatic N) is 2. The van der Waals surface area contributed by atoms with Crippen LogP contribution in [0.3, 0.4) is 0 Å². The van der Waals surface area contributed by atoms with Gasteiger partial charge in [-0.25, -0.2) is 0 Å². The first-order valence-corrected chi connectivity index (χ1v) is 10.2. The molecule has 0 aliphatic heterocycles. The van der Waals surface area contributed by atoms with E-state index in [2.05, 4.69) is 33.8 Å². The SMILES string of the molecule is COCCn1c(=NC(=O)CCc2ccccc2)sc2c3ccccc3ccc21. The summed E-state index contributed by atoms with van der Waals surface area (Å²) < 4.78 is 8.52. The van der Waals surface area contributed by atoms with E-state index in [9.17, 15) is 4.79 Å². The molecule has 0 N–H and O–H groups in total. The molecule has 3 aromatic carbocycles. The second-order valence-corrected chi connectivity index (χ2v) is 7.63. The van der Waals surface area contributed by atoms with Crippen molar-refractivity contribution in [1.29, 1.82) is 0 Å². The molecule has 0 radical (unpaired) electrons. The van der Waals surface area contributed by atoms with Crippen molar-refractivity contribution in [2.45, 2.75) is 19.4 Å². The number of carbonyl (C=O) groups excluding carboxylic acids is 1. The van der Waals surface area contributed by atoms with Crippen LogP contribution in [0.4, 0.5) is 0 Å².